The van der Waals surface area contributed by atoms with E-state index in [4.69, 9.17) is 0 Å². The first kappa shape index (κ1) is 19.4. The van der Waals surface area contributed by atoms with Crippen LogP contribution in [0.15, 0.2) is 17.9 Å². The van der Waals surface area contributed by atoms with Gasteiger partial charge in [0.25, 0.3) is 11.8 Å². The van der Waals surface area contributed by atoms with Gasteiger partial charge in [0, 0.05) is 17.9 Å². The molecule has 1 aromatic carbocycles. The Morgan fingerprint density at radius 2 is 1.48 bits per heavy atom. The Morgan fingerprint density at radius 3 is 1.83 bits per heavy atom. The van der Waals surface area contributed by atoms with Crippen LogP contribution in [0.3, 0.4) is 0 Å². The van der Waals surface area contributed by atoms with Gasteiger partial charge >= 0.3 is 5.97 Å². The number of hydrogen-bond donors (Lipinski definition) is 1. The molecule has 1 aromatic rings. The van der Waals surface area contributed by atoms with Crippen LogP contribution in [0.25, 0.3) is 0 Å². The van der Waals surface area contributed by atoms with Crippen molar-refractivity contribution < 1.29 is 19.5 Å². The Kier molecular flexibility index (Phi) is 6.38. The molecule has 0 aliphatic carbocycles. The molecular formula is C13H9Br4NO4S. The van der Waals surface area contributed by atoms with Gasteiger partial charge in [0.15, 0.2) is 0 Å². The number of carbonyl (C=O) groups is 3. The highest BCUT2D eigenvalue weighted by molar-refractivity contribution is 9.15. The number of rotatable bonds is 5. The van der Waals surface area contributed by atoms with Gasteiger partial charge in [-0.05, 0) is 82.1 Å². The van der Waals surface area contributed by atoms with Gasteiger partial charge in [-0.3, -0.25) is 14.5 Å². The van der Waals surface area contributed by atoms with Crippen molar-refractivity contribution in [3.8, 4) is 0 Å². The summed E-state index contributed by atoms with van der Waals surface area (Å²) >= 11 is 14.7. The van der Waals surface area contributed by atoms with Crippen molar-refractivity contribution in [1.82, 2.24) is 4.90 Å². The molecule has 0 saturated heterocycles. The SMILES string of the molecule is CSCCC(C(=O)O)N1C(=O)c2c(Br)c(Br)c(Br)c(Br)c2C1=O. The van der Waals surface area contributed by atoms with Crippen molar-refractivity contribution >= 4 is 93.3 Å². The van der Waals surface area contributed by atoms with Crippen molar-refractivity contribution in [2.24, 2.45) is 0 Å². The number of halogens is 4. The van der Waals surface area contributed by atoms with Gasteiger partial charge in [-0.15, -0.1) is 0 Å². The Hall–Kier alpha value is 0.1000. The smallest absolute Gasteiger partial charge is 0.326 e. The monoisotopic (exact) mass is 591 g/mol. The Morgan fingerprint density at radius 1 is 1.04 bits per heavy atom. The molecule has 10 heteroatoms. The van der Waals surface area contributed by atoms with Crippen molar-refractivity contribution in [2.45, 2.75) is 12.5 Å². The highest BCUT2D eigenvalue weighted by Gasteiger charge is 2.46. The number of aliphatic carboxylic acids is 1. The maximum absolute atomic E-state index is 12.7. The summed E-state index contributed by atoms with van der Waals surface area (Å²) in [6.07, 6.45) is 2.03. The number of amides is 2. The van der Waals surface area contributed by atoms with Crippen molar-refractivity contribution in [1.29, 1.82) is 0 Å². The van der Waals surface area contributed by atoms with Gasteiger partial charge < -0.3 is 5.11 Å². The number of carbonyl (C=O) groups excluding carboxylic acids is 2. The van der Waals surface area contributed by atoms with Crippen LogP contribution in [0.2, 0.25) is 0 Å². The first-order valence-corrected chi connectivity index (χ1v) is 10.8. The Bertz CT molecular complexity index is 678. The fraction of sp³-hybridized carbons (Fsp3) is 0.308. The maximum atomic E-state index is 12.7. The van der Waals surface area contributed by atoms with Crippen LogP contribution >= 0.6 is 75.5 Å². The molecule has 23 heavy (non-hydrogen) atoms. The zero-order valence-electron chi connectivity index (χ0n) is 11.5. The predicted molar refractivity (Wildman–Crippen MR) is 102 cm³/mol. The van der Waals surface area contributed by atoms with Crippen LogP contribution in [-0.4, -0.2) is 45.8 Å². The lowest BCUT2D eigenvalue weighted by molar-refractivity contribution is -0.141. The summed E-state index contributed by atoms with van der Waals surface area (Å²) in [6.45, 7) is 0. The fourth-order valence-electron chi connectivity index (χ4n) is 2.24. The van der Waals surface area contributed by atoms with E-state index in [0.717, 1.165) is 4.90 Å². The molecular weight excluding hydrogens is 586 g/mol. The predicted octanol–water partition coefficient (Wildman–Crippen LogP) is 4.54. The second kappa shape index (κ2) is 7.55. The van der Waals surface area contributed by atoms with E-state index in [0.29, 0.717) is 23.6 Å². The third kappa shape index (κ3) is 3.29. The molecule has 1 aliphatic rings. The van der Waals surface area contributed by atoms with Gasteiger partial charge in [-0.1, -0.05) is 0 Å². The van der Waals surface area contributed by atoms with E-state index in [1.54, 1.807) is 0 Å². The third-order valence-electron chi connectivity index (χ3n) is 3.32. The summed E-state index contributed by atoms with van der Waals surface area (Å²) in [6, 6.07) is -1.19. The molecule has 1 heterocycles. The van der Waals surface area contributed by atoms with Gasteiger partial charge in [0.1, 0.15) is 6.04 Å². The number of thioether (sulfide) groups is 1. The minimum Gasteiger partial charge on any atom is -0.480 e. The average molecular weight is 595 g/mol. The van der Waals surface area contributed by atoms with Crippen LogP contribution in [0.5, 0.6) is 0 Å². The summed E-state index contributed by atoms with van der Waals surface area (Å²) in [5, 5.41) is 9.43. The second-order valence-corrected chi connectivity index (χ2v) is 8.78. The molecule has 1 N–H and O–H groups in total. The van der Waals surface area contributed by atoms with Crippen LogP contribution in [-0.2, 0) is 4.79 Å². The summed E-state index contributed by atoms with van der Waals surface area (Å²) in [4.78, 5) is 37.8. The third-order valence-corrected chi connectivity index (χ3v) is 8.74. The molecule has 0 bridgehead atoms. The van der Waals surface area contributed by atoms with Gasteiger partial charge in [-0.2, -0.15) is 11.8 Å². The molecule has 0 fully saturated rings. The maximum Gasteiger partial charge on any atom is 0.326 e. The highest BCUT2D eigenvalue weighted by Crippen LogP contribution is 2.45. The molecule has 2 amide bonds. The van der Waals surface area contributed by atoms with E-state index in [1.165, 1.54) is 11.8 Å². The second-order valence-electron chi connectivity index (χ2n) is 4.62. The van der Waals surface area contributed by atoms with E-state index in [1.807, 2.05) is 6.26 Å². The molecule has 0 aromatic heterocycles. The average Bonchev–Trinajstić information content (AvgIpc) is 2.75. The minimum absolute atomic E-state index is 0.160. The lowest BCUT2D eigenvalue weighted by Gasteiger charge is -2.22. The lowest BCUT2D eigenvalue weighted by atomic mass is 10.1. The van der Waals surface area contributed by atoms with Crippen molar-refractivity contribution in [2.75, 3.05) is 12.0 Å². The molecule has 1 aliphatic heterocycles. The molecule has 124 valence electrons. The number of carboxylic acid groups (broad SMARTS) is 1. The van der Waals surface area contributed by atoms with Crippen LogP contribution in [0.1, 0.15) is 27.1 Å². The number of fused-ring (bicyclic) bond motifs is 1. The number of nitrogens with zero attached hydrogens (tertiary/aromatic N) is 1. The van der Waals surface area contributed by atoms with E-state index in [9.17, 15) is 19.5 Å². The van der Waals surface area contributed by atoms with Crippen LogP contribution in [0.4, 0.5) is 0 Å². The van der Waals surface area contributed by atoms with Crippen molar-refractivity contribution in [3.05, 3.63) is 29.0 Å². The quantitative estimate of drug-likeness (QED) is 0.308. The first-order valence-electron chi connectivity index (χ1n) is 6.19. The number of imide groups is 1. The molecule has 2 rings (SSSR count). The van der Waals surface area contributed by atoms with E-state index >= 15 is 0 Å². The van der Waals surface area contributed by atoms with Gasteiger partial charge in [-0.25, -0.2) is 4.79 Å². The van der Waals surface area contributed by atoms with Crippen LogP contribution < -0.4 is 0 Å². The largest absolute Gasteiger partial charge is 0.480 e. The summed E-state index contributed by atoms with van der Waals surface area (Å²) < 4.78 is 1.97. The molecule has 1 unspecified atom stereocenters. The fourth-order valence-corrected chi connectivity index (χ4v) is 5.16. The normalized spacial score (nSPS) is 15.1. The van der Waals surface area contributed by atoms with E-state index < -0.39 is 23.8 Å². The Balaban J connectivity index is 2.59. The number of carboxylic acids is 1. The number of hydrogen-bond acceptors (Lipinski definition) is 4. The molecule has 5 nitrogen and oxygen atoms in total. The minimum atomic E-state index is -1.20. The zero-order chi connectivity index (χ0) is 17.5. The zero-order valence-corrected chi connectivity index (χ0v) is 18.7. The van der Waals surface area contributed by atoms with Crippen molar-refractivity contribution in [3.63, 3.8) is 0 Å². The van der Waals surface area contributed by atoms with E-state index in [-0.39, 0.29) is 17.5 Å². The molecule has 0 spiro atoms. The molecule has 1 atom stereocenters. The highest BCUT2D eigenvalue weighted by atomic mass is 79.9. The molecule has 0 saturated carbocycles. The topological polar surface area (TPSA) is 74.7 Å². The summed E-state index contributed by atoms with van der Waals surface area (Å²) in [7, 11) is 0. The standard InChI is InChI=1S/C13H9Br4NO4S/c1-23-3-2-4(13(21)22)18-11(19)5-6(12(18)20)8(15)10(17)9(16)7(5)14/h4H,2-3H2,1H3,(H,21,22). The van der Waals surface area contributed by atoms with E-state index in [2.05, 4.69) is 63.7 Å². The van der Waals surface area contributed by atoms with Gasteiger partial charge in [0.2, 0.25) is 0 Å². The summed E-state index contributed by atoms with van der Waals surface area (Å²) in [5.74, 6) is -1.89. The van der Waals surface area contributed by atoms with Gasteiger partial charge in [0.05, 0.1) is 11.1 Å². The molecule has 0 radical (unpaired) electrons. The Labute approximate surface area is 170 Å². The first-order chi connectivity index (χ1) is 10.7. The van der Waals surface area contributed by atoms with Crippen LogP contribution in [0, 0.1) is 0 Å². The summed E-state index contributed by atoms with van der Waals surface area (Å²) in [5.41, 5.74) is 0.319. The number of benzene rings is 1. The lowest BCUT2D eigenvalue weighted by Crippen LogP contribution is -2.45.